The Bertz CT molecular complexity index is 672. The molecule has 2 rings (SSSR count). The summed E-state index contributed by atoms with van der Waals surface area (Å²) in [5.41, 5.74) is -0.118. The van der Waals surface area contributed by atoms with Gasteiger partial charge in [0.2, 0.25) is 0 Å². The molecule has 0 bridgehead atoms. The summed E-state index contributed by atoms with van der Waals surface area (Å²) in [4.78, 5) is 17.1. The molecule has 108 valence electrons. The van der Waals surface area contributed by atoms with Crippen LogP contribution in [0.15, 0.2) is 34.2 Å². The van der Waals surface area contributed by atoms with Gasteiger partial charge >= 0.3 is 0 Å². The van der Waals surface area contributed by atoms with Gasteiger partial charge in [-0.1, -0.05) is 23.9 Å². The molecule has 2 aromatic rings. The first-order valence-corrected chi connectivity index (χ1v) is 7.64. The number of nitrogens with zero attached hydrogens (tertiary/aromatic N) is 2. The van der Waals surface area contributed by atoms with Crippen LogP contribution in [0, 0.1) is 0 Å². The third-order valence-corrected chi connectivity index (χ3v) is 4.24. The first kappa shape index (κ1) is 15.1. The molecule has 20 heavy (non-hydrogen) atoms. The number of aromatic nitrogens is 2. The van der Waals surface area contributed by atoms with E-state index in [0.29, 0.717) is 21.8 Å². The van der Waals surface area contributed by atoms with Gasteiger partial charge in [-0.05, 0) is 39.8 Å². The predicted octanol–water partition coefficient (Wildman–Crippen LogP) is 2.84. The van der Waals surface area contributed by atoms with Gasteiger partial charge in [-0.3, -0.25) is 9.36 Å². The molecule has 1 aromatic heterocycles. The molecule has 1 aromatic carbocycles. The fourth-order valence-corrected chi connectivity index (χ4v) is 3.00. The summed E-state index contributed by atoms with van der Waals surface area (Å²) in [6, 6.07) is 7.39. The van der Waals surface area contributed by atoms with Crippen LogP contribution < -0.4 is 5.56 Å². The molecule has 0 unspecified atom stereocenters. The number of hydrogen-bond donors (Lipinski definition) is 1. The van der Waals surface area contributed by atoms with Crippen LogP contribution in [0.1, 0.15) is 33.7 Å². The van der Waals surface area contributed by atoms with E-state index in [0.717, 1.165) is 0 Å². The highest BCUT2D eigenvalue weighted by molar-refractivity contribution is 7.99. The van der Waals surface area contributed by atoms with Crippen LogP contribution in [0.5, 0.6) is 0 Å². The van der Waals surface area contributed by atoms with E-state index in [1.54, 1.807) is 24.5 Å². The predicted molar refractivity (Wildman–Crippen MR) is 83.4 cm³/mol. The molecule has 0 aliphatic rings. The van der Waals surface area contributed by atoms with Crippen LogP contribution in [0.2, 0.25) is 0 Å². The van der Waals surface area contributed by atoms with Crippen molar-refractivity contribution in [1.82, 2.24) is 9.55 Å². The third-order valence-electron chi connectivity index (χ3n) is 2.85. The molecule has 1 heterocycles. The minimum Gasteiger partial charge on any atom is -0.390 e. The largest absolute Gasteiger partial charge is 0.390 e. The number of rotatable bonds is 4. The van der Waals surface area contributed by atoms with Gasteiger partial charge in [0, 0.05) is 11.8 Å². The average Bonchev–Trinajstić information content (AvgIpc) is 2.35. The quantitative estimate of drug-likeness (QED) is 0.695. The van der Waals surface area contributed by atoms with E-state index >= 15 is 0 Å². The average molecular weight is 292 g/mol. The van der Waals surface area contributed by atoms with Gasteiger partial charge < -0.3 is 5.11 Å². The van der Waals surface area contributed by atoms with Gasteiger partial charge in [0.05, 0.1) is 16.5 Å². The summed E-state index contributed by atoms with van der Waals surface area (Å²) in [5.74, 6) is 0.491. The molecule has 0 amide bonds. The summed E-state index contributed by atoms with van der Waals surface area (Å²) in [6.45, 7) is 7.43. The molecule has 0 spiro atoms. The highest BCUT2D eigenvalue weighted by atomic mass is 32.2. The Kier molecular flexibility index (Phi) is 4.20. The van der Waals surface area contributed by atoms with Crippen molar-refractivity contribution in [2.45, 2.75) is 44.5 Å². The van der Waals surface area contributed by atoms with Crippen molar-refractivity contribution in [3.8, 4) is 0 Å². The Morgan fingerprint density at radius 3 is 2.60 bits per heavy atom. The highest BCUT2D eigenvalue weighted by Gasteiger charge is 2.18. The lowest BCUT2D eigenvalue weighted by Crippen LogP contribution is -2.27. The number of hydrogen-bond acceptors (Lipinski definition) is 4. The van der Waals surface area contributed by atoms with E-state index in [1.807, 2.05) is 32.0 Å². The zero-order valence-corrected chi connectivity index (χ0v) is 13.1. The van der Waals surface area contributed by atoms with Crippen LogP contribution in [0.4, 0.5) is 0 Å². The van der Waals surface area contributed by atoms with Crippen molar-refractivity contribution in [3.05, 3.63) is 34.6 Å². The summed E-state index contributed by atoms with van der Waals surface area (Å²) in [6.07, 6.45) is 0. The molecule has 0 fully saturated rings. The lowest BCUT2D eigenvalue weighted by molar-refractivity contribution is 0.107. The molecule has 0 saturated carbocycles. The molecule has 0 radical (unpaired) electrons. The second-order valence-electron chi connectivity index (χ2n) is 5.78. The smallest absolute Gasteiger partial charge is 0.262 e. The second kappa shape index (κ2) is 5.58. The Hall–Kier alpha value is -1.33. The van der Waals surface area contributed by atoms with Gasteiger partial charge in [-0.15, -0.1) is 0 Å². The Balaban J connectivity index is 2.57. The van der Waals surface area contributed by atoms with E-state index < -0.39 is 5.60 Å². The van der Waals surface area contributed by atoms with Crippen molar-refractivity contribution < 1.29 is 5.11 Å². The molecule has 0 saturated heterocycles. The number of thioether (sulfide) groups is 1. The number of aliphatic hydroxyl groups is 1. The summed E-state index contributed by atoms with van der Waals surface area (Å²) in [5, 5.41) is 11.1. The van der Waals surface area contributed by atoms with E-state index in [1.165, 1.54) is 11.8 Å². The van der Waals surface area contributed by atoms with Gasteiger partial charge in [-0.2, -0.15) is 0 Å². The zero-order chi connectivity index (χ0) is 14.9. The zero-order valence-electron chi connectivity index (χ0n) is 12.3. The summed E-state index contributed by atoms with van der Waals surface area (Å²) < 4.78 is 1.69. The Morgan fingerprint density at radius 1 is 1.35 bits per heavy atom. The van der Waals surface area contributed by atoms with Gasteiger partial charge in [-0.25, -0.2) is 4.98 Å². The van der Waals surface area contributed by atoms with Crippen molar-refractivity contribution in [2.24, 2.45) is 0 Å². The summed E-state index contributed by atoms with van der Waals surface area (Å²) in [7, 11) is 0. The van der Waals surface area contributed by atoms with Crippen molar-refractivity contribution >= 4 is 22.7 Å². The molecular formula is C15H20N2O2S. The SMILES string of the molecule is CC(C)n1c(SCC(C)(C)O)nc2ccccc2c1=O. The molecule has 4 nitrogen and oxygen atoms in total. The lowest BCUT2D eigenvalue weighted by atomic mass is 10.2. The minimum atomic E-state index is -0.796. The van der Waals surface area contributed by atoms with Crippen LogP contribution in [-0.4, -0.2) is 26.0 Å². The highest BCUT2D eigenvalue weighted by Crippen LogP contribution is 2.23. The normalized spacial score (nSPS) is 12.3. The Morgan fingerprint density at radius 2 is 2.00 bits per heavy atom. The fraction of sp³-hybridized carbons (Fsp3) is 0.467. The second-order valence-corrected chi connectivity index (χ2v) is 6.72. The van der Waals surface area contributed by atoms with E-state index in [9.17, 15) is 9.90 Å². The topological polar surface area (TPSA) is 55.1 Å². The number of para-hydroxylation sites is 1. The van der Waals surface area contributed by atoms with E-state index in [-0.39, 0.29) is 11.6 Å². The van der Waals surface area contributed by atoms with Crippen molar-refractivity contribution in [1.29, 1.82) is 0 Å². The van der Waals surface area contributed by atoms with E-state index in [4.69, 9.17) is 0 Å². The molecule has 0 atom stereocenters. The fourth-order valence-electron chi connectivity index (χ4n) is 1.92. The number of benzene rings is 1. The molecule has 1 N–H and O–H groups in total. The van der Waals surface area contributed by atoms with Gasteiger partial charge in [0.1, 0.15) is 0 Å². The van der Waals surface area contributed by atoms with Crippen LogP contribution in [0.3, 0.4) is 0 Å². The minimum absolute atomic E-state index is 0.0242. The maximum atomic E-state index is 12.6. The summed E-state index contributed by atoms with van der Waals surface area (Å²) >= 11 is 1.41. The van der Waals surface area contributed by atoms with Gasteiger partial charge in [0.15, 0.2) is 5.16 Å². The number of fused-ring (bicyclic) bond motifs is 1. The van der Waals surface area contributed by atoms with Gasteiger partial charge in [0.25, 0.3) is 5.56 Å². The van der Waals surface area contributed by atoms with E-state index in [2.05, 4.69) is 4.98 Å². The molecule has 0 aliphatic carbocycles. The Labute approximate surface area is 122 Å². The van der Waals surface area contributed by atoms with Crippen LogP contribution >= 0.6 is 11.8 Å². The van der Waals surface area contributed by atoms with Crippen molar-refractivity contribution in [2.75, 3.05) is 5.75 Å². The van der Waals surface area contributed by atoms with Crippen LogP contribution in [-0.2, 0) is 0 Å². The van der Waals surface area contributed by atoms with Crippen molar-refractivity contribution in [3.63, 3.8) is 0 Å². The lowest BCUT2D eigenvalue weighted by Gasteiger charge is -2.20. The van der Waals surface area contributed by atoms with Crippen LogP contribution in [0.25, 0.3) is 10.9 Å². The first-order chi connectivity index (χ1) is 9.29. The maximum Gasteiger partial charge on any atom is 0.262 e. The molecular weight excluding hydrogens is 272 g/mol. The standard InChI is InChI=1S/C15H20N2O2S/c1-10(2)17-13(18)11-7-5-6-8-12(11)16-14(17)20-9-15(3,4)19/h5-8,10,19H,9H2,1-4H3. The first-order valence-electron chi connectivity index (χ1n) is 6.66. The molecule has 0 aliphatic heterocycles. The maximum absolute atomic E-state index is 12.6. The third kappa shape index (κ3) is 3.22. The molecule has 5 heteroatoms. The monoisotopic (exact) mass is 292 g/mol.